The second-order valence-electron chi connectivity index (χ2n) is 10.3. The maximum absolute atomic E-state index is 13.7. The van der Waals surface area contributed by atoms with E-state index in [1.807, 2.05) is 47.6 Å². The molecule has 0 aromatic heterocycles. The monoisotopic (exact) mass is 609 g/mol. The second-order valence-corrected chi connectivity index (χ2v) is 11.5. The summed E-state index contributed by atoms with van der Waals surface area (Å²) in [5.74, 6) is -1.21. The fourth-order valence-electron chi connectivity index (χ4n) is 5.34. The molecule has 2 aliphatic rings. The number of thioether (sulfide) groups is 1. The van der Waals surface area contributed by atoms with Crippen LogP contribution >= 0.6 is 24.0 Å². The van der Waals surface area contributed by atoms with Crippen LogP contribution in [0.15, 0.2) is 77.7 Å². The Hall–Kier alpha value is -3.54. The number of hydrogen-bond donors (Lipinski definition) is 1. The molecule has 5 rings (SSSR count). The molecule has 0 radical (unpaired) electrons. The van der Waals surface area contributed by atoms with Gasteiger partial charge in [-0.2, -0.15) is 0 Å². The third-order valence-corrected chi connectivity index (χ3v) is 8.72. The van der Waals surface area contributed by atoms with E-state index in [4.69, 9.17) is 12.2 Å². The van der Waals surface area contributed by atoms with Crippen LogP contribution in [0.4, 0.5) is 25.8 Å². The molecule has 7 nitrogen and oxygen atoms in total. The maximum atomic E-state index is 13.7. The van der Waals surface area contributed by atoms with Crippen molar-refractivity contribution in [3.8, 4) is 0 Å². The van der Waals surface area contributed by atoms with Gasteiger partial charge in [0, 0.05) is 49.0 Å². The van der Waals surface area contributed by atoms with Gasteiger partial charge in [0.1, 0.15) is 17.7 Å². The van der Waals surface area contributed by atoms with Crippen LogP contribution < -0.4 is 15.1 Å². The largest absolute Gasteiger partial charge is 0.369 e. The molecule has 3 aromatic rings. The quantitative estimate of drug-likeness (QED) is 0.250. The van der Waals surface area contributed by atoms with Gasteiger partial charge >= 0.3 is 0 Å². The Bertz CT molecular complexity index is 1420. The van der Waals surface area contributed by atoms with Gasteiger partial charge in [-0.05, 0) is 98.2 Å². The average Bonchev–Trinajstić information content (AvgIpc) is 3.23. The van der Waals surface area contributed by atoms with Crippen LogP contribution in [0.2, 0.25) is 0 Å². The first-order valence-corrected chi connectivity index (χ1v) is 15.5. The molecule has 2 saturated heterocycles. The molecule has 0 unspecified atom stereocenters. The lowest BCUT2D eigenvalue weighted by Gasteiger charge is -2.36. The normalized spacial score (nSPS) is 17.7. The highest BCUT2D eigenvalue weighted by Gasteiger charge is 2.44. The zero-order valence-corrected chi connectivity index (χ0v) is 25.0. The van der Waals surface area contributed by atoms with Gasteiger partial charge in [-0.15, -0.1) is 11.8 Å². The van der Waals surface area contributed by atoms with E-state index in [-0.39, 0.29) is 24.1 Å². The molecular weight excluding hydrogens is 577 g/mol. The van der Waals surface area contributed by atoms with Crippen LogP contribution in [0.5, 0.6) is 0 Å². The van der Waals surface area contributed by atoms with E-state index in [0.29, 0.717) is 23.0 Å². The van der Waals surface area contributed by atoms with Crippen molar-refractivity contribution in [2.24, 2.45) is 0 Å². The third kappa shape index (κ3) is 7.08. The Balaban J connectivity index is 1.23. The number of thiocarbonyl (C=S) groups is 1. The van der Waals surface area contributed by atoms with Gasteiger partial charge in [0.25, 0.3) is 5.91 Å². The van der Waals surface area contributed by atoms with E-state index in [2.05, 4.69) is 15.1 Å². The molecule has 2 amide bonds. The predicted molar refractivity (Wildman–Crippen MR) is 168 cm³/mol. The first-order chi connectivity index (χ1) is 20.3. The van der Waals surface area contributed by atoms with E-state index < -0.39 is 11.9 Å². The summed E-state index contributed by atoms with van der Waals surface area (Å²) in [6.45, 7) is 4.78. The highest BCUT2D eigenvalue weighted by molar-refractivity contribution is 7.98. The molecule has 1 atom stereocenters. The second kappa shape index (κ2) is 13.6. The van der Waals surface area contributed by atoms with Gasteiger partial charge in [0.05, 0.1) is 12.1 Å². The minimum absolute atomic E-state index is 0.0780. The molecule has 220 valence electrons. The van der Waals surface area contributed by atoms with Crippen molar-refractivity contribution in [3.63, 3.8) is 0 Å². The summed E-state index contributed by atoms with van der Waals surface area (Å²) in [6.07, 6.45) is 2.65. The van der Waals surface area contributed by atoms with Gasteiger partial charge in [-0.3, -0.25) is 19.4 Å². The molecular formula is C31H33F2N5O2S2. The number of hydrogen-bond acceptors (Lipinski definition) is 6. The summed E-state index contributed by atoms with van der Waals surface area (Å²) in [6, 6.07) is 19.0. The summed E-state index contributed by atoms with van der Waals surface area (Å²) in [5.41, 5.74) is 2.16. The van der Waals surface area contributed by atoms with Gasteiger partial charge in [0.15, 0.2) is 5.11 Å². The average molecular weight is 610 g/mol. The molecule has 0 aliphatic carbocycles. The zero-order chi connectivity index (χ0) is 29.6. The highest BCUT2D eigenvalue weighted by Crippen LogP contribution is 2.30. The Morgan fingerprint density at radius 1 is 0.929 bits per heavy atom. The summed E-state index contributed by atoms with van der Waals surface area (Å²) < 4.78 is 26.6. The fraction of sp³-hybridized carbons (Fsp3) is 0.323. The third-order valence-electron chi connectivity index (χ3n) is 7.57. The topological polar surface area (TPSA) is 59.1 Å². The van der Waals surface area contributed by atoms with Gasteiger partial charge in [-0.25, -0.2) is 8.78 Å². The molecule has 2 aliphatic heterocycles. The van der Waals surface area contributed by atoms with Crippen molar-refractivity contribution in [2.75, 3.05) is 60.6 Å². The van der Waals surface area contributed by atoms with Gasteiger partial charge in [0.2, 0.25) is 5.91 Å². The van der Waals surface area contributed by atoms with E-state index in [1.54, 1.807) is 11.8 Å². The van der Waals surface area contributed by atoms with E-state index >= 15 is 0 Å². The van der Waals surface area contributed by atoms with E-state index in [0.717, 1.165) is 49.7 Å². The Morgan fingerprint density at radius 2 is 1.60 bits per heavy atom. The minimum atomic E-state index is -0.744. The van der Waals surface area contributed by atoms with Crippen LogP contribution in [-0.2, 0) is 9.59 Å². The predicted octanol–water partition coefficient (Wildman–Crippen LogP) is 5.23. The number of amides is 2. The van der Waals surface area contributed by atoms with Crippen molar-refractivity contribution in [2.45, 2.75) is 23.8 Å². The van der Waals surface area contributed by atoms with Crippen molar-refractivity contribution in [1.82, 2.24) is 9.80 Å². The number of carbonyl (C=O) groups is 2. The number of piperazine rings is 1. The van der Waals surface area contributed by atoms with Crippen molar-refractivity contribution in [1.29, 1.82) is 0 Å². The number of rotatable bonds is 10. The van der Waals surface area contributed by atoms with Crippen LogP contribution in [0, 0.1) is 11.6 Å². The SMILES string of the molecule is CSc1cccc(N2C(=O)[C@@H](CC(=O)Nc3ccc(F)cc3)N(CCCN3CCN(c4ccc(F)cc4)CC3)C2=S)c1. The minimum Gasteiger partial charge on any atom is -0.369 e. The van der Waals surface area contributed by atoms with Gasteiger partial charge in [-0.1, -0.05) is 6.07 Å². The molecule has 0 saturated carbocycles. The Morgan fingerprint density at radius 3 is 2.26 bits per heavy atom. The molecule has 0 bridgehead atoms. The highest BCUT2D eigenvalue weighted by atomic mass is 32.2. The number of anilines is 3. The zero-order valence-electron chi connectivity index (χ0n) is 23.3. The molecule has 2 heterocycles. The molecule has 1 N–H and O–H groups in total. The molecule has 42 heavy (non-hydrogen) atoms. The number of benzene rings is 3. The number of nitrogens with zero attached hydrogens (tertiary/aromatic N) is 4. The van der Waals surface area contributed by atoms with Crippen molar-refractivity contribution in [3.05, 3.63) is 84.4 Å². The van der Waals surface area contributed by atoms with Crippen molar-refractivity contribution >= 4 is 58.0 Å². The number of carbonyl (C=O) groups excluding carboxylic acids is 2. The van der Waals surface area contributed by atoms with Crippen LogP contribution in [-0.4, -0.2) is 78.3 Å². The lowest BCUT2D eigenvalue weighted by atomic mass is 10.1. The number of nitrogens with one attached hydrogen (secondary N) is 1. The van der Waals surface area contributed by atoms with Gasteiger partial charge < -0.3 is 15.1 Å². The summed E-state index contributed by atoms with van der Waals surface area (Å²) >= 11 is 7.40. The lowest BCUT2D eigenvalue weighted by molar-refractivity contribution is -0.124. The van der Waals surface area contributed by atoms with E-state index in [1.165, 1.54) is 41.3 Å². The van der Waals surface area contributed by atoms with Crippen LogP contribution in [0.25, 0.3) is 0 Å². The van der Waals surface area contributed by atoms with Crippen molar-refractivity contribution < 1.29 is 18.4 Å². The standard InChI is InChI=1S/C31H33F2N5O2S2/c1-42-27-5-2-4-26(20-27)38-30(40)28(21-29(39)34-24-10-6-22(32)7-11-24)37(31(38)41)15-3-14-35-16-18-36(19-17-35)25-12-8-23(33)9-13-25/h2,4-13,20,28H,3,14-19,21H2,1H3,(H,34,39)/t28-/m1/s1. The Labute approximate surface area is 254 Å². The first-order valence-electron chi connectivity index (χ1n) is 13.9. The van der Waals surface area contributed by atoms with E-state index in [9.17, 15) is 18.4 Å². The summed E-state index contributed by atoms with van der Waals surface area (Å²) in [7, 11) is 0. The van der Waals surface area contributed by atoms with Crippen LogP contribution in [0.1, 0.15) is 12.8 Å². The maximum Gasteiger partial charge on any atom is 0.256 e. The van der Waals surface area contributed by atoms with Crippen LogP contribution in [0.3, 0.4) is 0 Å². The summed E-state index contributed by atoms with van der Waals surface area (Å²) in [4.78, 5) is 35.8. The lowest BCUT2D eigenvalue weighted by Crippen LogP contribution is -2.47. The molecule has 0 spiro atoms. The molecule has 3 aromatic carbocycles. The summed E-state index contributed by atoms with van der Waals surface area (Å²) in [5, 5.41) is 3.16. The molecule has 11 heteroatoms. The first kappa shape index (κ1) is 29.9. The Kier molecular flexibility index (Phi) is 9.71. The smallest absolute Gasteiger partial charge is 0.256 e. The number of halogens is 2. The fourth-order valence-corrected chi connectivity index (χ4v) is 6.21. The molecule has 2 fully saturated rings.